The monoisotopic (exact) mass is 571 g/mol. The van der Waals surface area contributed by atoms with Crippen LogP contribution in [0.15, 0.2) is 24.3 Å². The predicted octanol–water partition coefficient (Wildman–Crippen LogP) is 0.570. The van der Waals surface area contributed by atoms with E-state index in [1.54, 1.807) is 24.3 Å². The van der Waals surface area contributed by atoms with Crippen molar-refractivity contribution >= 4 is 47.3 Å². The Morgan fingerprint density at radius 3 is 2.20 bits per heavy atom. The summed E-state index contributed by atoms with van der Waals surface area (Å²) in [5.74, 6) is -4.08. The van der Waals surface area contributed by atoms with Gasteiger partial charge in [-0.1, -0.05) is 12.1 Å². The molecular formula is C26H33N7O8. The summed E-state index contributed by atoms with van der Waals surface area (Å²) in [4.78, 5) is 66.5. The van der Waals surface area contributed by atoms with Crippen LogP contribution in [0, 0.1) is 0 Å². The highest BCUT2D eigenvalue weighted by atomic mass is 16.4. The van der Waals surface area contributed by atoms with Crippen molar-refractivity contribution in [2.45, 2.75) is 62.9 Å². The number of amides is 2. The number of aryl methyl sites for hydroxylation is 1. The molecule has 2 amide bonds. The van der Waals surface area contributed by atoms with Crippen LogP contribution in [0.3, 0.4) is 0 Å². The fourth-order valence-electron chi connectivity index (χ4n) is 4.55. The number of nitrogen functional groups attached to an aromatic ring is 2. The van der Waals surface area contributed by atoms with Crippen LogP contribution in [-0.4, -0.2) is 73.6 Å². The molecule has 0 saturated heterocycles. The van der Waals surface area contributed by atoms with Crippen molar-refractivity contribution in [2.24, 2.45) is 0 Å². The van der Waals surface area contributed by atoms with E-state index >= 15 is 0 Å². The van der Waals surface area contributed by atoms with Gasteiger partial charge in [0.1, 0.15) is 23.7 Å². The van der Waals surface area contributed by atoms with Crippen LogP contribution in [0.4, 0.5) is 17.6 Å². The third-order valence-electron chi connectivity index (χ3n) is 6.69. The molecule has 2 aromatic rings. The Balaban J connectivity index is 1.47. The molecule has 1 aromatic carbocycles. The van der Waals surface area contributed by atoms with Crippen molar-refractivity contribution in [1.82, 2.24) is 20.6 Å². The molecule has 41 heavy (non-hydrogen) atoms. The number of hydrogen-bond donors (Lipinski definition) is 8. The van der Waals surface area contributed by atoms with Gasteiger partial charge >= 0.3 is 17.9 Å². The molecule has 0 radical (unpaired) electrons. The minimum atomic E-state index is -1.42. The molecule has 1 aliphatic heterocycles. The van der Waals surface area contributed by atoms with Gasteiger partial charge in [0.05, 0.1) is 0 Å². The zero-order valence-electron chi connectivity index (χ0n) is 22.1. The van der Waals surface area contributed by atoms with Gasteiger partial charge in [0, 0.05) is 36.4 Å². The molecule has 0 spiro atoms. The molecule has 220 valence electrons. The summed E-state index contributed by atoms with van der Waals surface area (Å²) in [7, 11) is 0. The van der Waals surface area contributed by atoms with E-state index in [9.17, 15) is 29.1 Å². The lowest BCUT2D eigenvalue weighted by Crippen LogP contribution is -2.44. The average Bonchev–Trinajstić information content (AvgIpc) is 3.31. The van der Waals surface area contributed by atoms with Crippen molar-refractivity contribution < 1.29 is 39.3 Å². The number of anilines is 3. The van der Waals surface area contributed by atoms with E-state index in [1.165, 1.54) is 0 Å². The second-order valence-electron chi connectivity index (χ2n) is 9.69. The Morgan fingerprint density at radius 1 is 0.927 bits per heavy atom. The zero-order chi connectivity index (χ0) is 30.1. The second kappa shape index (κ2) is 13.9. The van der Waals surface area contributed by atoms with Crippen LogP contribution >= 0.6 is 0 Å². The summed E-state index contributed by atoms with van der Waals surface area (Å²) >= 11 is 0. The van der Waals surface area contributed by atoms with Crippen LogP contribution in [0.1, 0.15) is 65.9 Å². The molecule has 0 fully saturated rings. The molecule has 1 aliphatic rings. The van der Waals surface area contributed by atoms with Crippen molar-refractivity contribution in [3.8, 4) is 0 Å². The first-order valence-electron chi connectivity index (χ1n) is 13.0. The number of nitrogens with one attached hydrogen (secondary N) is 3. The molecular weight excluding hydrogens is 538 g/mol. The van der Waals surface area contributed by atoms with Crippen molar-refractivity contribution in [3.63, 3.8) is 0 Å². The molecule has 2 heterocycles. The number of hydrogen-bond acceptors (Lipinski definition) is 10. The summed E-state index contributed by atoms with van der Waals surface area (Å²) in [5, 5.41) is 35.1. The topological polar surface area (TPSA) is 260 Å². The number of aromatic nitrogens is 2. The summed E-state index contributed by atoms with van der Waals surface area (Å²) in [6.45, 7) is 0.689. The molecule has 15 heteroatoms. The van der Waals surface area contributed by atoms with Gasteiger partial charge in [0.2, 0.25) is 11.9 Å². The van der Waals surface area contributed by atoms with Crippen molar-refractivity contribution in [3.05, 3.63) is 41.0 Å². The number of carboxylic acids is 3. The Kier molecular flexibility index (Phi) is 10.4. The highest BCUT2D eigenvalue weighted by Gasteiger charge is 2.27. The molecule has 10 N–H and O–H groups in total. The fraction of sp³-hybridized carbons (Fsp3) is 0.423. The van der Waals surface area contributed by atoms with Gasteiger partial charge < -0.3 is 42.7 Å². The number of carboxylic acid groups (broad SMARTS) is 3. The van der Waals surface area contributed by atoms with Crippen LogP contribution in [0.2, 0.25) is 0 Å². The number of rotatable bonds is 15. The van der Waals surface area contributed by atoms with E-state index in [-0.39, 0.29) is 36.7 Å². The van der Waals surface area contributed by atoms with E-state index in [1.807, 2.05) is 0 Å². The van der Waals surface area contributed by atoms with Gasteiger partial charge in [-0.05, 0) is 49.8 Å². The van der Waals surface area contributed by atoms with Gasteiger partial charge in [-0.3, -0.25) is 14.4 Å². The normalized spacial score (nSPS) is 15.2. The number of nitrogens with two attached hydrogens (primary N) is 2. The Bertz CT molecular complexity index is 1300. The van der Waals surface area contributed by atoms with Gasteiger partial charge in [-0.15, -0.1) is 0 Å². The van der Waals surface area contributed by atoms with Gasteiger partial charge in [-0.25, -0.2) is 9.59 Å². The quantitative estimate of drug-likeness (QED) is 0.145. The SMILES string of the molecule is Nc1nc(N)c2c(n1)NCC2CCCc1ccc(C(=O)N[C@@H](CCC(=O)N[C@@H](CCC(=O)O)C(=O)O)C(=O)O)cc1. The van der Waals surface area contributed by atoms with E-state index < -0.39 is 48.2 Å². The molecule has 3 atom stereocenters. The van der Waals surface area contributed by atoms with Crippen LogP contribution in [-0.2, 0) is 25.6 Å². The van der Waals surface area contributed by atoms with Gasteiger partial charge in [0.25, 0.3) is 5.91 Å². The second-order valence-corrected chi connectivity index (χ2v) is 9.69. The van der Waals surface area contributed by atoms with Crippen LogP contribution in [0.25, 0.3) is 0 Å². The molecule has 3 rings (SSSR count). The fourth-order valence-corrected chi connectivity index (χ4v) is 4.55. The van der Waals surface area contributed by atoms with E-state index in [2.05, 4.69) is 25.9 Å². The molecule has 0 aliphatic carbocycles. The first-order valence-corrected chi connectivity index (χ1v) is 13.0. The summed E-state index contributed by atoms with van der Waals surface area (Å²) < 4.78 is 0. The van der Waals surface area contributed by atoms with Crippen molar-refractivity contribution in [1.29, 1.82) is 0 Å². The first kappa shape index (κ1) is 30.6. The standard InChI is InChI=1S/C26H33N7O8/c27-21-20-15(12-29-22(20)33-26(28)32-21)3-1-2-13-4-6-14(7-5-13)23(37)31-17(25(40)41)8-10-18(34)30-16(24(38)39)9-11-19(35)36/h4-7,15-17H,1-3,8-12H2,(H,30,34)(H,31,37)(H,35,36)(H,38,39)(H,40,41)(H5,27,28,29,32,33)/t15?,16-,17-/m0/s1. The summed E-state index contributed by atoms with van der Waals surface area (Å²) in [6.07, 6.45) is 0.938. The van der Waals surface area contributed by atoms with Crippen LogP contribution in [0.5, 0.6) is 0 Å². The zero-order valence-corrected chi connectivity index (χ0v) is 22.1. The third kappa shape index (κ3) is 8.78. The lowest BCUT2D eigenvalue weighted by molar-refractivity contribution is -0.143. The van der Waals surface area contributed by atoms with E-state index in [0.717, 1.165) is 30.4 Å². The van der Waals surface area contributed by atoms with Crippen molar-refractivity contribution in [2.75, 3.05) is 23.3 Å². The maximum Gasteiger partial charge on any atom is 0.326 e. The maximum atomic E-state index is 12.6. The van der Waals surface area contributed by atoms with E-state index in [0.29, 0.717) is 18.2 Å². The number of nitrogens with zero attached hydrogens (tertiary/aromatic N) is 2. The lowest BCUT2D eigenvalue weighted by Gasteiger charge is -2.16. The molecule has 1 unspecified atom stereocenters. The number of carbonyl (C=O) groups excluding carboxylic acids is 2. The number of fused-ring (bicyclic) bond motifs is 1. The largest absolute Gasteiger partial charge is 0.481 e. The minimum absolute atomic E-state index is 0.123. The average molecular weight is 572 g/mol. The van der Waals surface area contributed by atoms with E-state index in [4.69, 9.17) is 21.7 Å². The highest BCUT2D eigenvalue weighted by molar-refractivity contribution is 5.96. The minimum Gasteiger partial charge on any atom is -0.481 e. The molecule has 0 bridgehead atoms. The number of carbonyl (C=O) groups is 5. The lowest BCUT2D eigenvalue weighted by atomic mass is 9.95. The maximum absolute atomic E-state index is 12.6. The van der Waals surface area contributed by atoms with Gasteiger partial charge in [0.15, 0.2) is 0 Å². The summed E-state index contributed by atoms with van der Waals surface area (Å²) in [5.41, 5.74) is 13.8. The Morgan fingerprint density at radius 2 is 1.56 bits per heavy atom. The Hall–Kier alpha value is -4.95. The predicted molar refractivity (Wildman–Crippen MR) is 146 cm³/mol. The molecule has 1 aromatic heterocycles. The summed E-state index contributed by atoms with van der Waals surface area (Å²) in [6, 6.07) is 3.90. The Labute approximate surface area is 234 Å². The van der Waals surface area contributed by atoms with Gasteiger partial charge in [-0.2, -0.15) is 9.97 Å². The van der Waals surface area contributed by atoms with Crippen LogP contribution < -0.4 is 27.4 Å². The molecule has 0 saturated carbocycles. The number of aliphatic carboxylic acids is 3. The first-order chi connectivity index (χ1) is 19.4. The highest BCUT2D eigenvalue weighted by Crippen LogP contribution is 2.37. The smallest absolute Gasteiger partial charge is 0.326 e. The third-order valence-corrected chi connectivity index (χ3v) is 6.69. The number of benzene rings is 1. The molecule has 15 nitrogen and oxygen atoms in total.